The Morgan fingerprint density at radius 2 is 2.09 bits per heavy atom. The molecule has 1 aromatic carbocycles. The van der Waals surface area contributed by atoms with Crippen LogP contribution in [0.3, 0.4) is 0 Å². The van der Waals surface area contributed by atoms with Crippen molar-refractivity contribution in [2.24, 2.45) is 0 Å². The Kier molecular flexibility index (Phi) is 4.23. The first-order valence-electron chi connectivity index (χ1n) is 7.39. The molecule has 6 nitrogen and oxygen atoms in total. The van der Waals surface area contributed by atoms with Gasteiger partial charge in [-0.1, -0.05) is 12.1 Å². The molecule has 1 aromatic heterocycles. The van der Waals surface area contributed by atoms with Gasteiger partial charge in [0.25, 0.3) is 5.69 Å². The summed E-state index contributed by atoms with van der Waals surface area (Å²) >= 11 is 0. The second-order valence-corrected chi connectivity index (χ2v) is 5.43. The zero-order valence-corrected chi connectivity index (χ0v) is 12.4. The van der Waals surface area contributed by atoms with E-state index in [1.807, 2.05) is 6.07 Å². The molecule has 118 valence electrons. The van der Waals surface area contributed by atoms with Crippen molar-refractivity contribution in [1.82, 2.24) is 4.90 Å². The van der Waals surface area contributed by atoms with Crippen molar-refractivity contribution in [2.75, 3.05) is 0 Å². The Balaban J connectivity index is 1.75. The molecule has 0 atom stereocenters. The van der Waals surface area contributed by atoms with Crippen LogP contribution in [-0.2, 0) is 11.3 Å². The number of para-hydroxylation sites is 1. The predicted octanol–water partition coefficient (Wildman–Crippen LogP) is 3.39. The molecule has 1 aliphatic carbocycles. The molecule has 1 heterocycles. The van der Waals surface area contributed by atoms with Gasteiger partial charge in [0.1, 0.15) is 5.76 Å². The first-order chi connectivity index (χ1) is 11.1. The lowest BCUT2D eigenvalue weighted by Crippen LogP contribution is -2.30. The van der Waals surface area contributed by atoms with Crippen LogP contribution in [0.2, 0.25) is 0 Å². The molecule has 0 radical (unpaired) electrons. The van der Waals surface area contributed by atoms with Crippen molar-refractivity contribution in [3.63, 3.8) is 0 Å². The Morgan fingerprint density at radius 1 is 1.30 bits per heavy atom. The highest BCUT2D eigenvalue weighted by molar-refractivity contribution is 5.92. The zero-order chi connectivity index (χ0) is 16.2. The molecular formula is C17H16N2O4. The molecule has 23 heavy (non-hydrogen) atoms. The summed E-state index contributed by atoms with van der Waals surface area (Å²) < 4.78 is 5.30. The van der Waals surface area contributed by atoms with Gasteiger partial charge in [-0.05, 0) is 37.1 Å². The maximum Gasteiger partial charge on any atom is 0.276 e. The second kappa shape index (κ2) is 6.48. The van der Waals surface area contributed by atoms with Crippen molar-refractivity contribution in [3.05, 3.63) is 70.2 Å². The molecule has 0 bridgehead atoms. The van der Waals surface area contributed by atoms with Gasteiger partial charge in [-0.3, -0.25) is 14.9 Å². The van der Waals surface area contributed by atoms with Gasteiger partial charge >= 0.3 is 0 Å². The standard InChI is InChI=1S/C17H16N2O4/c20-17(10-7-13-4-1-2-6-16(13)19(21)22)18(14-8-9-14)12-15-5-3-11-23-15/h1-7,10-11,14H,8-9,12H2/b10-7-. The van der Waals surface area contributed by atoms with E-state index >= 15 is 0 Å². The molecule has 1 fully saturated rings. The number of nitro groups is 1. The fourth-order valence-electron chi connectivity index (χ4n) is 2.40. The molecule has 3 rings (SSSR count). The molecule has 1 aliphatic rings. The minimum absolute atomic E-state index is 0.0134. The zero-order valence-electron chi connectivity index (χ0n) is 12.4. The third kappa shape index (κ3) is 3.66. The average molecular weight is 312 g/mol. The maximum atomic E-state index is 12.4. The fraction of sp³-hybridized carbons (Fsp3) is 0.235. The molecular weight excluding hydrogens is 296 g/mol. The summed E-state index contributed by atoms with van der Waals surface area (Å²) in [5.41, 5.74) is 0.403. The number of nitro benzene ring substituents is 1. The molecule has 0 aliphatic heterocycles. The van der Waals surface area contributed by atoms with Gasteiger partial charge in [0, 0.05) is 18.2 Å². The predicted molar refractivity (Wildman–Crippen MR) is 84.4 cm³/mol. The van der Waals surface area contributed by atoms with Crippen LogP contribution in [0.1, 0.15) is 24.2 Å². The molecule has 2 aromatic rings. The summed E-state index contributed by atoms with van der Waals surface area (Å²) in [6.07, 6.45) is 6.42. The van der Waals surface area contributed by atoms with Gasteiger partial charge in [0.15, 0.2) is 0 Å². The number of hydrogen-bond acceptors (Lipinski definition) is 4. The van der Waals surface area contributed by atoms with Crippen LogP contribution in [0.25, 0.3) is 6.08 Å². The average Bonchev–Trinajstić information content (AvgIpc) is 3.26. The van der Waals surface area contributed by atoms with E-state index in [0.717, 1.165) is 18.6 Å². The smallest absolute Gasteiger partial charge is 0.276 e. The maximum absolute atomic E-state index is 12.4. The summed E-state index contributed by atoms with van der Waals surface area (Å²) in [5, 5.41) is 11.0. The molecule has 1 amide bonds. The monoisotopic (exact) mass is 312 g/mol. The number of nitrogens with zero attached hydrogens (tertiary/aromatic N) is 2. The summed E-state index contributed by atoms with van der Waals surface area (Å²) in [6.45, 7) is 0.414. The number of carbonyl (C=O) groups is 1. The third-order valence-electron chi connectivity index (χ3n) is 3.72. The van der Waals surface area contributed by atoms with Crippen molar-refractivity contribution in [3.8, 4) is 0 Å². The number of hydrogen-bond donors (Lipinski definition) is 0. The number of furan rings is 1. The molecule has 0 spiro atoms. The van der Waals surface area contributed by atoms with Gasteiger partial charge in [0.05, 0.1) is 23.3 Å². The van der Waals surface area contributed by atoms with E-state index in [0.29, 0.717) is 12.1 Å². The van der Waals surface area contributed by atoms with Crippen molar-refractivity contribution in [2.45, 2.75) is 25.4 Å². The highest BCUT2D eigenvalue weighted by Crippen LogP contribution is 2.29. The van der Waals surface area contributed by atoms with Crippen molar-refractivity contribution < 1.29 is 14.1 Å². The highest BCUT2D eigenvalue weighted by Gasteiger charge is 2.32. The van der Waals surface area contributed by atoms with Gasteiger partial charge in [-0.2, -0.15) is 0 Å². The second-order valence-electron chi connectivity index (χ2n) is 5.43. The Hall–Kier alpha value is -2.89. The van der Waals surface area contributed by atoms with Crippen molar-refractivity contribution >= 4 is 17.7 Å². The topological polar surface area (TPSA) is 76.6 Å². The fourth-order valence-corrected chi connectivity index (χ4v) is 2.40. The highest BCUT2D eigenvalue weighted by atomic mass is 16.6. The molecule has 0 N–H and O–H groups in total. The number of benzene rings is 1. The normalized spacial score (nSPS) is 14.1. The van der Waals surface area contributed by atoms with E-state index < -0.39 is 4.92 Å². The summed E-state index contributed by atoms with van der Waals surface area (Å²) in [4.78, 5) is 24.7. The van der Waals surface area contributed by atoms with Gasteiger partial charge in [-0.25, -0.2) is 0 Å². The summed E-state index contributed by atoms with van der Waals surface area (Å²) in [5.74, 6) is 0.561. The minimum atomic E-state index is -0.453. The first-order valence-corrected chi connectivity index (χ1v) is 7.39. The lowest BCUT2D eigenvalue weighted by atomic mass is 10.1. The van der Waals surface area contributed by atoms with Gasteiger partial charge in [0.2, 0.25) is 5.91 Å². The van der Waals surface area contributed by atoms with E-state index in [1.165, 1.54) is 18.2 Å². The van der Waals surface area contributed by atoms with Crippen LogP contribution in [-0.4, -0.2) is 21.8 Å². The molecule has 0 saturated heterocycles. The Morgan fingerprint density at radius 3 is 2.74 bits per heavy atom. The Labute approximate surface area is 133 Å². The summed E-state index contributed by atoms with van der Waals surface area (Å²) in [7, 11) is 0. The lowest BCUT2D eigenvalue weighted by molar-refractivity contribution is -0.385. The van der Waals surface area contributed by atoms with E-state index in [1.54, 1.807) is 35.4 Å². The SMILES string of the molecule is O=C(/C=C\c1ccccc1[N+](=O)[O-])N(Cc1ccco1)C1CC1. The van der Waals surface area contributed by atoms with Crippen LogP contribution in [0.4, 0.5) is 5.69 Å². The van der Waals surface area contributed by atoms with E-state index in [9.17, 15) is 14.9 Å². The van der Waals surface area contributed by atoms with Crippen LogP contribution >= 0.6 is 0 Å². The quantitative estimate of drug-likeness (QED) is 0.465. The number of rotatable bonds is 6. The van der Waals surface area contributed by atoms with Crippen LogP contribution in [0, 0.1) is 10.1 Å². The largest absolute Gasteiger partial charge is 0.467 e. The minimum Gasteiger partial charge on any atom is -0.467 e. The first kappa shape index (κ1) is 15.0. The molecule has 1 saturated carbocycles. The third-order valence-corrected chi connectivity index (χ3v) is 3.72. The van der Waals surface area contributed by atoms with Gasteiger partial charge < -0.3 is 9.32 Å². The van der Waals surface area contributed by atoms with Crippen molar-refractivity contribution in [1.29, 1.82) is 0 Å². The lowest BCUT2D eigenvalue weighted by Gasteiger charge is -2.19. The van der Waals surface area contributed by atoms with E-state index in [-0.39, 0.29) is 17.6 Å². The van der Waals surface area contributed by atoms with Crippen LogP contribution < -0.4 is 0 Å². The number of carbonyl (C=O) groups excluding carboxylic acids is 1. The molecule has 6 heteroatoms. The summed E-state index contributed by atoms with van der Waals surface area (Å²) in [6, 6.07) is 10.2. The van der Waals surface area contributed by atoms with Crippen LogP contribution in [0.15, 0.2) is 53.2 Å². The van der Waals surface area contributed by atoms with E-state index in [2.05, 4.69) is 0 Å². The van der Waals surface area contributed by atoms with E-state index in [4.69, 9.17) is 4.42 Å². The van der Waals surface area contributed by atoms with Crippen LogP contribution in [0.5, 0.6) is 0 Å². The van der Waals surface area contributed by atoms with Gasteiger partial charge in [-0.15, -0.1) is 0 Å². The number of amides is 1. The Bertz CT molecular complexity index is 733. The molecule has 0 unspecified atom stereocenters.